The minimum absolute atomic E-state index is 0. The van der Waals surface area contributed by atoms with Crippen molar-refractivity contribution in [2.45, 2.75) is 19.6 Å². The molecule has 0 N–H and O–H groups in total. The van der Waals surface area contributed by atoms with Crippen molar-refractivity contribution in [3.8, 4) is 0 Å². The molecule has 0 saturated heterocycles. The van der Waals surface area contributed by atoms with Crippen LogP contribution in [0.4, 0.5) is 0 Å². The molecule has 0 atom stereocenters. The van der Waals surface area contributed by atoms with Crippen LogP contribution in [0.25, 0.3) is 0 Å². The van der Waals surface area contributed by atoms with Gasteiger partial charge in [0, 0.05) is 8.80 Å². The van der Waals surface area contributed by atoms with E-state index < -0.39 is 0 Å². The molecule has 2 radical (unpaired) electrons. The molecule has 0 heterocycles. The van der Waals surface area contributed by atoms with Crippen molar-refractivity contribution >= 4 is 8.80 Å². The van der Waals surface area contributed by atoms with Gasteiger partial charge in [0.25, 0.3) is 0 Å². The molecule has 0 nitrogen and oxygen atoms in total. The van der Waals surface area contributed by atoms with Crippen LogP contribution in [0.3, 0.4) is 0 Å². The van der Waals surface area contributed by atoms with Crippen molar-refractivity contribution in [1.82, 2.24) is 0 Å². The predicted molar refractivity (Wildman–Crippen MR) is 73.8 cm³/mol. The molecule has 0 aromatic heterocycles. The van der Waals surface area contributed by atoms with Gasteiger partial charge in [0.2, 0.25) is 0 Å². The Hall–Kier alpha value is -0.200. The van der Waals surface area contributed by atoms with Gasteiger partial charge in [-0.2, -0.15) is 36.4 Å². The topological polar surface area (TPSA) is 0 Å². The molecule has 0 unspecified atom stereocenters. The first-order valence-electron chi connectivity index (χ1n) is 4.83. The van der Waals surface area contributed by atoms with Gasteiger partial charge >= 0.3 is 26.2 Å². The molecule has 0 aliphatic carbocycles. The number of hydrogen-bond donors (Lipinski definition) is 0. The van der Waals surface area contributed by atoms with E-state index in [9.17, 15) is 0 Å². The Morgan fingerprint density at radius 2 is 0.875 bits per heavy atom. The summed E-state index contributed by atoms with van der Waals surface area (Å²) in [5, 5.41) is 0. The van der Waals surface area contributed by atoms with Crippen LogP contribution in [-0.4, -0.2) is 8.80 Å². The van der Waals surface area contributed by atoms with Crippen molar-refractivity contribution in [2.75, 3.05) is 0 Å². The standard InChI is InChI=1S/2C5H5.C3H9Si.CH3.Zr/c2*1-2-4-5-3-1;1-4(2)3;;/h2*1-5H;1-3H3;1H3;/q2*-1;;-1;+3. The zero-order valence-corrected chi connectivity index (χ0v) is 14.2. The van der Waals surface area contributed by atoms with Crippen LogP contribution in [0.2, 0.25) is 19.6 Å². The van der Waals surface area contributed by atoms with Crippen LogP contribution in [0.5, 0.6) is 0 Å². The van der Waals surface area contributed by atoms with Crippen LogP contribution in [0.1, 0.15) is 0 Å². The molecule has 0 fully saturated rings. The molecule has 0 amide bonds. The van der Waals surface area contributed by atoms with Crippen molar-refractivity contribution in [3.05, 3.63) is 68.1 Å². The summed E-state index contributed by atoms with van der Waals surface area (Å²) in [7, 11) is 0.120. The minimum Gasteiger partial charge on any atom is -0.358 e. The van der Waals surface area contributed by atoms with E-state index in [2.05, 4.69) is 19.6 Å². The molecule has 2 aromatic carbocycles. The van der Waals surface area contributed by atoms with E-state index in [4.69, 9.17) is 0 Å². The second kappa shape index (κ2) is 17.2. The van der Waals surface area contributed by atoms with Gasteiger partial charge in [0.15, 0.2) is 0 Å². The normalized spacial score (nSPS) is 7.25. The van der Waals surface area contributed by atoms with Crippen molar-refractivity contribution in [2.24, 2.45) is 0 Å². The summed E-state index contributed by atoms with van der Waals surface area (Å²) in [6, 6.07) is 20.0. The summed E-state index contributed by atoms with van der Waals surface area (Å²) in [6.45, 7) is 6.81. The minimum atomic E-state index is 0. The molecule has 2 rings (SSSR count). The average molecular weight is 310 g/mol. The molecular formula is C14H22SiZr. The van der Waals surface area contributed by atoms with Crippen LogP contribution < -0.4 is 0 Å². The fourth-order valence-corrected chi connectivity index (χ4v) is 0.642. The quantitative estimate of drug-likeness (QED) is 0.492. The van der Waals surface area contributed by atoms with Crippen LogP contribution >= 0.6 is 0 Å². The zero-order chi connectivity index (χ0) is 10.6. The SMILES string of the molecule is C[Si](C)C.[CH3-].[Zr+3].c1cc[cH-]c1.c1cc[cH-]c1. The second-order valence-electron chi connectivity index (χ2n) is 3.42. The third-order valence-electron chi connectivity index (χ3n) is 1.11. The Morgan fingerprint density at radius 1 is 0.688 bits per heavy atom. The summed E-state index contributed by atoms with van der Waals surface area (Å²) in [5.74, 6) is 0. The molecular weight excluding hydrogens is 287 g/mol. The van der Waals surface area contributed by atoms with Gasteiger partial charge in [-0.1, -0.05) is 19.6 Å². The van der Waals surface area contributed by atoms with E-state index in [0.717, 1.165) is 0 Å². The first-order chi connectivity index (χ1) is 6.73. The van der Waals surface area contributed by atoms with Gasteiger partial charge in [-0.25, -0.2) is 24.3 Å². The van der Waals surface area contributed by atoms with E-state index in [0.29, 0.717) is 0 Å². The first kappa shape index (κ1) is 21.1. The summed E-state index contributed by atoms with van der Waals surface area (Å²) in [5.41, 5.74) is 0. The van der Waals surface area contributed by atoms with E-state index in [1.165, 1.54) is 0 Å². The third kappa shape index (κ3) is 23.5. The summed E-state index contributed by atoms with van der Waals surface area (Å²) >= 11 is 0. The monoisotopic (exact) mass is 308 g/mol. The second-order valence-corrected chi connectivity index (χ2v) is 6.42. The van der Waals surface area contributed by atoms with Crippen molar-refractivity contribution in [3.63, 3.8) is 0 Å². The summed E-state index contributed by atoms with van der Waals surface area (Å²) in [6.07, 6.45) is 0. The molecule has 0 aliphatic heterocycles. The van der Waals surface area contributed by atoms with E-state index in [1.807, 2.05) is 60.7 Å². The van der Waals surface area contributed by atoms with Gasteiger partial charge in [-0.05, 0) is 0 Å². The molecule has 2 aromatic rings. The molecule has 16 heavy (non-hydrogen) atoms. The average Bonchev–Trinajstić information content (AvgIpc) is 2.83. The third-order valence-corrected chi connectivity index (χ3v) is 1.11. The fourth-order valence-electron chi connectivity index (χ4n) is 0.642. The van der Waals surface area contributed by atoms with Gasteiger partial charge in [-0.15, -0.1) is 0 Å². The Bertz CT molecular complexity index is 183. The maximum Gasteiger partial charge on any atom is 3.00 e. The maximum absolute atomic E-state index is 2.27. The van der Waals surface area contributed by atoms with E-state index >= 15 is 0 Å². The Kier molecular flexibility index (Phi) is 22.7. The van der Waals surface area contributed by atoms with Crippen LogP contribution in [-0.2, 0) is 26.2 Å². The molecule has 86 valence electrons. The fraction of sp³-hybridized carbons (Fsp3) is 0.214. The Balaban J connectivity index is -0.000000151. The van der Waals surface area contributed by atoms with Crippen LogP contribution in [0.15, 0.2) is 60.7 Å². The smallest absolute Gasteiger partial charge is 0.358 e. The number of rotatable bonds is 0. The Labute approximate surface area is 122 Å². The maximum atomic E-state index is 2.27. The first-order valence-corrected chi connectivity index (χ1v) is 7.83. The van der Waals surface area contributed by atoms with Gasteiger partial charge in [0.1, 0.15) is 0 Å². The molecule has 0 bridgehead atoms. The Morgan fingerprint density at radius 3 is 0.938 bits per heavy atom. The molecule has 0 saturated carbocycles. The summed E-state index contributed by atoms with van der Waals surface area (Å²) in [4.78, 5) is 0. The number of hydrogen-bond acceptors (Lipinski definition) is 0. The van der Waals surface area contributed by atoms with Gasteiger partial charge in [0.05, 0.1) is 0 Å². The van der Waals surface area contributed by atoms with Crippen molar-refractivity contribution < 1.29 is 26.2 Å². The molecule has 0 aliphatic rings. The largest absolute Gasteiger partial charge is 3.00 e. The molecule has 0 spiro atoms. The molecule has 2 heteroatoms. The van der Waals surface area contributed by atoms with Crippen molar-refractivity contribution in [1.29, 1.82) is 0 Å². The van der Waals surface area contributed by atoms with Crippen LogP contribution in [0, 0.1) is 7.43 Å². The van der Waals surface area contributed by atoms with Gasteiger partial charge in [-0.3, -0.25) is 0 Å². The van der Waals surface area contributed by atoms with E-state index in [1.54, 1.807) is 0 Å². The zero-order valence-electron chi connectivity index (χ0n) is 10.8. The van der Waals surface area contributed by atoms with Gasteiger partial charge < -0.3 is 7.43 Å². The van der Waals surface area contributed by atoms with E-state index in [-0.39, 0.29) is 42.4 Å². The summed E-state index contributed by atoms with van der Waals surface area (Å²) < 4.78 is 0. The predicted octanol–water partition coefficient (Wildman–Crippen LogP) is 4.63.